The van der Waals surface area contributed by atoms with Gasteiger partial charge in [0.1, 0.15) is 0 Å². The summed E-state index contributed by atoms with van der Waals surface area (Å²) in [5.41, 5.74) is 0. The predicted octanol–water partition coefficient (Wildman–Crippen LogP) is 0.0628. The maximum absolute atomic E-state index is 10.6. The summed E-state index contributed by atoms with van der Waals surface area (Å²) >= 11 is 0. The zero-order valence-electron chi connectivity index (χ0n) is 7.12. The van der Waals surface area contributed by atoms with Gasteiger partial charge < -0.3 is 13.6 Å². The molecule has 0 amide bonds. The van der Waals surface area contributed by atoms with Crippen molar-refractivity contribution in [3.8, 4) is 0 Å². The first-order chi connectivity index (χ1) is 5.24. The second-order valence-corrected chi connectivity index (χ2v) is 4.40. The lowest BCUT2D eigenvalue weighted by atomic mass is 10.5. The van der Waals surface area contributed by atoms with Crippen LogP contribution in [-0.2, 0) is 18.4 Å². The number of rotatable bonds is 5. The molecular formula is C6H14O4Si. The Morgan fingerprint density at radius 1 is 1.27 bits per heavy atom. The average molecular weight is 178 g/mol. The minimum atomic E-state index is -1.56. The first-order valence-corrected chi connectivity index (χ1v) is 5.13. The van der Waals surface area contributed by atoms with Crippen molar-refractivity contribution in [2.75, 3.05) is 21.3 Å². The van der Waals surface area contributed by atoms with Crippen molar-refractivity contribution in [2.24, 2.45) is 0 Å². The Morgan fingerprint density at radius 3 is 2.18 bits per heavy atom. The number of methoxy groups -OCH3 is 1. The summed E-state index contributed by atoms with van der Waals surface area (Å²) in [5.74, 6) is -0.211. The van der Waals surface area contributed by atoms with E-state index in [1.807, 2.05) is 0 Å². The Bertz CT molecular complexity index is 113. The third kappa shape index (κ3) is 4.94. The summed E-state index contributed by atoms with van der Waals surface area (Å²) in [6, 6.07) is 0.666. The van der Waals surface area contributed by atoms with Gasteiger partial charge in [0.2, 0.25) is 0 Å². The Kier molecular flexibility index (Phi) is 6.10. The molecule has 0 radical (unpaired) electrons. The lowest BCUT2D eigenvalue weighted by Gasteiger charge is -2.08. The molecule has 11 heavy (non-hydrogen) atoms. The van der Waals surface area contributed by atoms with Crippen LogP contribution in [-0.4, -0.2) is 36.6 Å². The van der Waals surface area contributed by atoms with Crippen molar-refractivity contribution in [2.45, 2.75) is 12.5 Å². The molecule has 0 bridgehead atoms. The van der Waals surface area contributed by atoms with E-state index in [2.05, 4.69) is 4.74 Å². The van der Waals surface area contributed by atoms with Gasteiger partial charge in [0.15, 0.2) is 0 Å². The zero-order chi connectivity index (χ0) is 8.69. The minimum Gasteiger partial charge on any atom is -0.469 e. The van der Waals surface area contributed by atoms with Crippen LogP contribution in [0.2, 0.25) is 6.04 Å². The highest BCUT2D eigenvalue weighted by Gasteiger charge is 2.11. The third-order valence-corrected chi connectivity index (χ3v) is 3.15. The molecule has 0 rings (SSSR count). The van der Waals surface area contributed by atoms with Gasteiger partial charge in [-0.25, -0.2) is 0 Å². The number of hydrogen-bond acceptors (Lipinski definition) is 4. The van der Waals surface area contributed by atoms with E-state index in [-0.39, 0.29) is 5.97 Å². The summed E-state index contributed by atoms with van der Waals surface area (Å²) < 4.78 is 14.5. The maximum Gasteiger partial charge on any atom is 0.321 e. The van der Waals surface area contributed by atoms with Gasteiger partial charge in [0.05, 0.1) is 7.11 Å². The van der Waals surface area contributed by atoms with Crippen molar-refractivity contribution >= 4 is 15.3 Å². The Balaban J connectivity index is 3.42. The summed E-state index contributed by atoms with van der Waals surface area (Å²) in [4.78, 5) is 10.6. The summed E-state index contributed by atoms with van der Waals surface area (Å²) in [7, 11) is 3.00. The molecule has 0 N–H and O–H groups in total. The van der Waals surface area contributed by atoms with Crippen LogP contribution in [0.3, 0.4) is 0 Å². The fourth-order valence-electron chi connectivity index (χ4n) is 0.670. The van der Waals surface area contributed by atoms with Gasteiger partial charge in [0, 0.05) is 20.6 Å². The molecule has 0 heterocycles. The lowest BCUT2D eigenvalue weighted by Crippen LogP contribution is -2.20. The standard InChI is InChI=1S/C6H14O4Si/c1-8-6(7)4-5-11(9-2)10-3/h11H,4-5H2,1-3H3. The number of ether oxygens (including phenoxy) is 1. The van der Waals surface area contributed by atoms with E-state index < -0.39 is 9.28 Å². The first-order valence-electron chi connectivity index (χ1n) is 3.37. The summed E-state index contributed by atoms with van der Waals surface area (Å²) in [6.45, 7) is 0. The van der Waals surface area contributed by atoms with Crippen LogP contribution in [0.1, 0.15) is 6.42 Å². The molecule has 0 atom stereocenters. The molecule has 0 saturated heterocycles. The Hall–Kier alpha value is -0.393. The lowest BCUT2D eigenvalue weighted by molar-refractivity contribution is -0.140. The number of carbonyl (C=O) groups is 1. The monoisotopic (exact) mass is 178 g/mol. The number of esters is 1. The van der Waals surface area contributed by atoms with Crippen LogP contribution in [0.25, 0.3) is 0 Å². The van der Waals surface area contributed by atoms with Crippen molar-refractivity contribution in [3.05, 3.63) is 0 Å². The van der Waals surface area contributed by atoms with E-state index >= 15 is 0 Å². The Morgan fingerprint density at radius 2 is 1.82 bits per heavy atom. The van der Waals surface area contributed by atoms with Crippen molar-refractivity contribution < 1.29 is 18.4 Å². The van der Waals surface area contributed by atoms with Gasteiger partial charge in [-0.05, 0) is 6.04 Å². The molecule has 5 heteroatoms. The summed E-state index contributed by atoms with van der Waals surface area (Å²) in [6.07, 6.45) is 0.384. The highest BCUT2D eigenvalue weighted by molar-refractivity contribution is 6.44. The zero-order valence-corrected chi connectivity index (χ0v) is 8.28. The third-order valence-electron chi connectivity index (χ3n) is 1.34. The molecule has 0 saturated carbocycles. The van der Waals surface area contributed by atoms with Crippen LogP contribution >= 0.6 is 0 Å². The fraction of sp³-hybridized carbons (Fsp3) is 0.833. The molecule has 0 spiro atoms. The number of hydrogen-bond donors (Lipinski definition) is 0. The van der Waals surface area contributed by atoms with E-state index in [9.17, 15) is 4.79 Å². The minimum absolute atomic E-state index is 0.211. The summed E-state index contributed by atoms with van der Waals surface area (Å²) in [5, 5.41) is 0. The van der Waals surface area contributed by atoms with Crippen LogP contribution in [0.15, 0.2) is 0 Å². The van der Waals surface area contributed by atoms with Gasteiger partial charge >= 0.3 is 15.3 Å². The van der Waals surface area contributed by atoms with E-state index in [0.717, 1.165) is 0 Å². The van der Waals surface area contributed by atoms with E-state index in [1.165, 1.54) is 7.11 Å². The van der Waals surface area contributed by atoms with Gasteiger partial charge in [0.25, 0.3) is 0 Å². The van der Waals surface area contributed by atoms with Crippen molar-refractivity contribution in [3.63, 3.8) is 0 Å². The van der Waals surface area contributed by atoms with E-state index in [0.29, 0.717) is 12.5 Å². The van der Waals surface area contributed by atoms with Crippen LogP contribution in [0.4, 0.5) is 0 Å². The molecule has 0 unspecified atom stereocenters. The highest BCUT2D eigenvalue weighted by atomic mass is 28.3. The molecular weight excluding hydrogens is 164 g/mol. The molecule has 66 valence electrons. The molecule has 4 nitrogen and oxygen atoms in total. The molecule has 0 aliphatic carbocycles. The van der Waals surface area contributed by atoms with Crippen LogP contribution < -0.4 is 0 Å². The number of carbonyl (C=O) groups excluding carboxylic acids is 1. The smallest absolute Gasteiger partial charge is 0.321 e. The van der Waals surface area contributed by atoms with Gasteiger partial charge in [-0.1, -0.05) is 0 Å². The van der Waals surface area contributed by atoms with Gasteiger partial charge in [-0.2, -0.15) is 0 Å². The maximum atomic E-state index is 10.6. The Labute approximate surface area is 68.3 Å². The second-order valence-electron chi connectivity index (χ2n) is 2.02. The highest BCUT2D eigenvalue weighted by Crippen LogP contribution is 1.99. The molecule has 0 aromatic heterocycles. The van der Waals surface area contributed by atoms with E-state index in [1.54, 1.807) is 14.2 Å². The first kappa shape index (κ1) is 10.6. The average Bonchev–Trinajstić information content (AvgIpc) is 2.06. The molecule has 0 fully saturated rings. The predicted molar refractivity (Wildman–Crippen MR) is 42.6 cm³/mol. The SMILES string of the molecule is COC(=O)CC[SiH](OC)OC. The fourth-order valence-corrected chi connectivity index (χ4v) is 1.80. The molecule has 0 aliphatic rings. The van der Waals surface area contributed by atoms with Gasteiger partial charge in [-0.3, -0.25) is 4.79 Å². The molecule has 0 aromatic carbocycles. The largest absolute Gasteiger partial charge is 0.469 e. The van der Waals surface area contributed by atoms with Crippen molar-refractivity contribution in [1.29, 1.82) is 0 Å². The topological polar surface area (TPSA) is 44.8 Å². The quantitative estimate of drug-likeness (QED) is 0.441. The van der Waals surface area contributed by atoms with Crippen LogP contribution in [0, 0.1) is 0 Å². The molecule has 0 aliphatic heterocycles. The van der Waals surface area contributed by atoms with Gasteiger partial charge in [-0.15, -0.1) is 0 Å². The van der Waals surface area contributed by atoms with Crippen molar-refractivity contribution in [1.82, 2.24) is 0 Å². The van der Waals surface area contributed by atoms with E-state index in [4.69, 9.17) is 8.85 Å². The second kappa shape index (κ2) is 6.33. The van der Waals surface area contributed by atoms with Crippen LogP contribution in [0.5, 0.6) is 0 Å². The normalized spacial score (nSPS) is 10.2. The molecule has 0 aromatic rings.